The lowest BCUT2D eigenvalue weighted by Gasteiger charge is -2.21. The molecular formula is C19H23N2O2+. The molecule has 4 nitrogen and oxygen atoms in total. The van der Waals surface area contributed by atoms with Crippen LogP contribution in [-0.4, -0.2) is 25.6 Å². The van der Waals surface area contributed by atoms with Gasteiger partial charge in [0.2, 0.25) is 0 Å². The minimum absolute atomic E-state index is 0.172. The smallest absolute Gasteiger partial charge is 0.282 e. The fourth-order valence-electron chi connectivity index (χ4n) is 3.21. The topological polar surface area (TPSA) is 46.1 Å². The molecule has 2 aromatic rings. The van der Waals surface area contributed by atoms with Gasteiger partial charge in [-0.25, -0.2) is 0 Å². The molecule has 23 heavy (non-hydrogen) atoms. The lowest BCUT2D eigenvalue weighted by Crippen LogP contribution is -2.85. The third-order valence-corrected chi connectivity index (χ3v) is 4.31. The van der Waals surface area contributed by atoms with Crippen LogP contribution in [0.25, 0.3) is 0 Å². The Bertz CT molecular complexity index is 699. The number of hydrogen-bond acceptors (Lipinski definition) is 2. The van der Waals surface area contributed by atoms with Gasteiger partial charge in [0.1, 0.15) is 12.3 Å². The Morgan fingerprint density at radius 1 is 1.26 bits per heavy atom. The number of anilines is 1. The fourth-order valence-corrected chi connectivity index (χ4v) is 3.21. The first-order chi connectivity index (χ1) is 11.2. The van der Waals surface area contributed by atoms with Gasteiger partial charge < -0.3 is 15.0 Å². The van der Waals surface area contributed by atoms with Crippen molar-refractivity contribution in [2.75, 3.05) is 18.6 Å². The lowest BCUT2D eigenvalue weighted by molar-refractivity contribution is -0.659. The average molecular weight is 311 g/mol. The number of carbonyl (C=O) groups excluding carboxylic acids is 1. The molecule has 0 bridgehead atoms. The second kappa shape index (κ2) is 6.84. The molecule has 4 heteroatoms. The summed E-state index contributed by atoms with van der Waals surface area (Å²) in [6.07, 6.45) is 0.942. The lowest BCUT2D eigenvalue weighted by atomic mass is 10.1. The van der Waals surface area contributed by atoms with Gasteiger partial charge in [0, 0.05) is 17.3 Å². The van der Waals surface area contributed by atoms with Gasteiger partial charge in [0.15, 0.2) is 6.54 Å². The molecule has 1 heterocycles. The Hall–Kier alpha value is -2.33. The number of quaternary nitrogens is 1. The van der Waals surface area contributed by atoms with Crippen LogP contribution in [0.2, 0.25) is 0 Å². The van der Waals surface area contributed by atoms with Crippen molar-refractivity contribution in [2.24, 2.45) is 0 Å². The zero-order valence-electron chi connectivity index (χ0n) is 13.7. The summed E-state index contributed by atoms with van der Waals surface area (Å²) in [5.74, 6) is 1.02. The number of ether oxygens (including phenoxy) is 1. The minimum atomic E-state index is 0.172. The highest BCUT2D eigenvalue weighted by molar-refractivity contribution is 5.96. The molecule has 0 radical (unpaired) electrons. The molecule has 1 atom stereocenters. The number of benzene rings is 2. The summed E-state index contributed by atoms with van der Waals surface area (Å²) in [4.78, 5) is 14.5. The maximum atomic E-state index is 12.6. The van der Waals surface area contributed by atoms with E-state index in [4.69, 9.17) is 4.74 Å². The van der Waals surface area contributed by atoms with Crippen LogP contribution in [0.1, 0.15) is 18.1 Å². The molecule has 0 aromatic heterocycles. The highest BCUT2D eigenvalue weighted by Gasteiger charge is 2.30. The van der Waals surface area contributed by atoms with Crippen LogP contribution in [0, 0.1) is 0 Å². The predicted octanol–water partition coefficient (Wildman–Crippen LogP) is 1.74. The summed E-state index contributed by atoms with van der Waals surface area (Å²) >= 11 is 0. The highest BCUT2D eigenvalue weighted by Crippen LogP contribution is 2.31. The molecule has 0 unspecified atom stereocenters. The monoisotopic (exact) mass is 311 g/mol. The first-order valence-electron chi connectivity index (χ1n) is 8.03. The van der Waals surface area contributed by atoms with Crippen LogP contribution in [0.4, 0.5) is 5.69 Å². The van der Waals surface area contributed by atoms with Crippen molar-refractivity contribution in [2.45, 2.75) is 25.9 Å². The Morgan fingerprint density at radius 3 is 2.91 bits per heavy atom. The second-order valence-corrected chi connectivity index (χ2v) is 5.99. The van der Waals surface area contributed by atoms with E-state index in [0.717, 1.165) is 30.0 Å². The van der Waals surface area contributed by atoms with E-state index in [1.807, 2.05) is 46.6 Å². The molecule has 2 aromatic carbocycles. The van der Waals surface area contributed by atoms with Crippen molar-refractivity contribution in [1.82, 2.24) is 0 Å². The van der Waals surface area contributed by atoms with Gasteiger partial charge in [0.05, 0.1) is 7.11 Å². The highest BCUT2D eigenvalue weighted by atomic mass is 16.5. The third-order valence-electron chi connectivity index (χ3n) is 4.31. The van der Waals surface area contributed by atoms with Crippen LogP contribution in [-0.2, 0) is 17.8 Å². The van der Waals surface area contributed by atoms with Crippen molar-refractivity contribution >= 4 is 11.6 Å². The number of para-hydroxylation sites is 1. The molecule has 1 aliphatic rings. The molecule has 0 saturated heterocycles. The number of carbonyl (C=O) groups is 1. The number of nitrogens with zero attached hydrogens (tertiary/aromatic N) is 1. The van der Waals surface area contributed by atoms with Crippen molar-refractivity contribution in [3.63, 3.8) is 0 Å². The summed E-state index contributed by atoms with van der Waals surface area (Å²) in [6.45, 7) is 3.34. The van der Waals surface area contributed by atoms with Gasteiger partial charge >= 0.3 is 0 Å². The van der Waals surface area contributed by atoms with Crippen LogP contribution in [0.5, 0.6) is 5.75 Å². The van der Waals surface area contributed by atoms with Gasteiger partial charge in [-0.2, -0.15) is 0 Å². The zero-order chi connectivity index (χ0) is 16.2. The standard InChI is InChI=1S/C19H22N2O2/c1-14-10-16-7-3-4-9-18(16)21(14)19(22)13-20-12-15-6-5-8-17(11-15)23-2/h3-9,11,14,20H,10,12-13H2,1-2H3/p+1/t14-/m0/s1. The summed E-state index contributed by atoms with van der Waals surface area (Å²) < 4.78 is 5.23. The Kier molecular flexibility index (Phi) is 4.63. The van der Waals surface area contributed by atoms with Gasteiger partial charge in [-0.3, -0.25) is 4.79 Å². The maximum Gasteiger partial charge on any atom is 0.282 e. The van der Waals surface area contributed by atoms with E-state index in [1.165, 1.54) is 5.56 Å². The molecule has 0 fully saturated rings. The Balaban J connectivity index is 1.59. The Morgan fingerprint density at radius 2 is 2.09 bits per heavy atom. The number of rotatable bonds is 5. The summed E-state index contributed by atoms with van der Waals surface area (Å²) in [7, 11) is 1.67. The number of amides is 1. The normalized spacial score (nSPS) is 16.3. The number of fused-ring (bicyclic) bond motifs is 1. The molecule has 0 aliphatic carbocycles. The van der Waals surface area contributed by atoms with Crippen molar-refractivity contribution in [1.29, 1.82) is 0 Å². The van der Waals surface area contributed by atoms with E-state index in [9.17, 15) is 4.79 Å². The van der Waals surface area contributed by atoms with Crippen LogP contribution in [0.15, 0.2) is 48.5 Å². The summed E-state index contributed by atoms with van der Waals surface area (Å²) in [5.41, 5.74) is 3.49. The molecule has 1 aliphatic heterocycles. The van der Waals surface area contributed by atoms with E-state index in [-0.39, 0.29) is 11.9 Å². The molecule has 120 valence electrons. The van der Waals surface area contributed by atoms with Crippen molar-refractivity contribution in [3.05, 3.63) is 59.7 Å². The van der Waals surface area contributed by atoms with Crippen LogP contribution in [0.3, 0.4) is 0 Å². The zero-order valence-corrected chi connectivity index (χ0v) is 13.7. The van der Waals surface area contributed by atoms with Crippen LogP contribution < -0.4 is 15.0 Å². The molecule has 0 spiro atoms. The van der Waals surface area contributed by atoms with Gasteiger partial charge in [-0.05, 0) is 37.1 Å². The largest absolute Gasteiger partial charge is 0.497 e. The molecule has 1 amide bonds. The average Bonchev–Trinajstić information content (AvgIpc) is 2.90. The van der Waals surface area contributed by atoms with E-state index in [0.29, 0.717) is 6.54 Å². The second-order valence-electron chi connectivity index (χ2n) is 5.99. The molecular weight excluding hydrogens is 288 g/mol. The van der Waals surface area contributed by atoms with Gasteiger partial charge in [-0.15, -0.1) is 0 Å². The maximum absolute atomic E-state index is 12.6. The van der Waals surface area contributed by atoms with E-state index in [2.05, 4.69) is 19.1 Å². The summed E-state index contributed by atoms with van der Waals surface area (Å²) in [5, 5.41) is 2.05. The third kappa shape index (κ3) is 3.37. The predicted molar refractivity (Wildman–Crippen MR) is 90.6 cm³/mol. The Labute approximate surface area is 137 Å². The van der Waals surface area contributed by atoms with E-state index in [1.54, 1.807) is 7.11 Å². The van der Waals surface area contributed by atoms with Crippen molar-refractivity contribution < 1.29 is 14.8 Å². The molecule has 3 rings (SSSR count). The number of methoxy groups -OCH3 is 1. The number of hydrogen-bond donors (Lipinski definition) is 1. The van der Waals surface area contributed by atoms with E-state index < -0.39 is 0 Å². The summed E-state index contributed by atoms with van der Waals surface area (Å²) in [6, 6.07) is 16.4. The number of nitrogens with two attached hydrogens (primary N) is 1. The molecule has 2 N–H and O–H groups in total. The van der Waals surface area contributed by atoms with Gasteiger partial charge in [-0.1, -0.05) is 30.3 Å². The quantitative estimate of drug-likeness (QED) is 0.914. The SMILES string of the molecule is COc1cccc(C[NH2+]CC(=O)N2c3ccccc3C[C@@H]2C)c1. The first-order valence-corrected chi connectivity index (χ1v) is 8.03. The fraction of sp³-hybridized carbons (Fsp3) is 0.316. The molecule has 0 saturated carbocycles. The van der Waals surface area contributed by atoms with E-state index >= 15 is 0 Å². The van der Waals surface area contributed by atoms with Crippen LogP contribution >= 0.6 is 0 Å². The van der Waals surface area contributed by atoms with Crippen molar-refractivity contribution in [3.8, 4) is 5.75 Å². The first kappa shape index (κ1) is 15.6. The van der Waals surface area contributed by atoms with Gasteiger partial charge in [0.25, 0.3) is 5.91 Å². The minimum Gasteiger partial charge on any atom is -0.497 e.